The molecule has 1 heterocycles. The molecule has 0 fully saturated rings. The summed E-state index contributed by atoms with van der Waals surface area (Å²) < 4.78 is 1.17. The molecule has 0 saturated carbocycles. The van der Waals surface area contributed by atoms with Gasteiger partial charge in [0, 0.05) is 16.3 Å². The Morgan fingerprint density at radius 3 is 2.42 bits per heavy atom. The van der Waals surface area contributed by atoms with Gasteiger partial charge in [0.2, 0.25) is 0 Å². The molecule has 0 aliphatic carbocycles. The molecule has 0 aliphatic rings. The summed E-state index contributed by atoms with van der Waals surface area (Å²) >= 11 is 5.21. The Bertz CT molecular complexity index is 265. The van der Waals surface area contributed by atoms with Gasteiger partial charge >= 0.3 is 0 Å². The summed E-state index contributed by atoms with van der Waals surface area (Å²) in [4.78, 5) is 1.34. The molecule has 2 N–H and O–H groups in total. The minimum Gasteiger partial charge on any atom is -0.327 e. The lowest BCUT2D eigenvalue weighted by molar-refractivity contribution is 0.442. The number of hydrogen-bond acceptors (Lipinski definition) is 2. The van der Waals surface area contributed by atoms with Crippen LogP contribution < -0.4 is 5.73 Å². The molecule has 0 radical (unpaired) electrons. The van der Waals surface area contributed by atoms with Crippen molar-refractivity contribution in [1.29, 1.82) is 0 Å². The van der Waals surface area contributed by atoms with Crippen LogP contribution in [0.25, 0.3) is 0 Å². The molecule has 0 aliphatic heterocycles. The maximum Gasteiger partial charge on any atom is 0.0701 e. The second kappa shape index (κ2) is 3.48. The van der Waals surface area contributed by atoms with Crippen molar-refractivity contribution < 1.29 is 0 Å². The van der Waals surface area contributed by atoms with E-state index in [-0.39, 0.29) is 11.5 Å². The summed E-state index contributed by atoms with van der Waals surface area (Å²) in [5.41, 5.74) is 5.98. The van der Waals surface area contributed by atoms with Gasteiger partial charge < -0.3 is 5.73 Å². The minimum absolute atomic E-state index is 0.0800. The number of nitrogens with two attached hydrogens (primary N) is 1. The highest BCUT2D eigenvalue weighted by Crippen LogP contribution is 2.34. The maximum absolute atomic E-state index is 5.90. The number of thiophene rings is 1. The van der Waals surface area contributed by atoms with E-state index in [0.29, 0.717) is 0 Å². The quantitative estimate of drug-likeness (QED) is 0.854. The lowest BCUT2D eigenvalue weighted by Gasteiger charge is -2.27. The van der Waals surface area contributed by atoms with E-state index in [4.69, 9.17) is 5.73 Å². The molecule has 68 valence electrons. The third-order valence-corrected chi connectivity index (χ3v) is 4.31. The summed E-state index contributed by atoms with van der Waals surface area (Å²) in [6.07, 6.45) is 0. The molecular weight excluding hydrogens is 234 g/mol. The fourth-order valence-corrected chi connectivity index (χ4v) is 2.47. The Balaban J connectivity index is 2.97. The summed E-state index contributed by atoms with van der Waals surface area (Å²) in [7, 11) is 0. The lowest BCUT2D eigenvalue weighted by atomic mass is 9.84. The summed E-state index contributed by atoms with van der Waals surface area (Å²) in [6.45, 7) is 6.40. The van der Waals surface area contributed by atoms with Gasteiger partial charge in [-0.1, -0.05) is 13.8 Å². The first-order chi connectivity index (χ1) is 5.44. The van der Waals surface area contributed by atoms with Gasteiger partial charge in [-0.05, 0) is 35.0 Å². The van der Waals surface area contributed by atoms with Crippen molar-refractivity contribution in [1.82, 2.24) is 0 Å². The van der Waals surface area contributed by atoms with Crippen molar-refractivity contribution in [2.45, 2.75) is 32.2 Å². The molecule has 1 nitrogen and oxygen atoms in total. The van der Waals surface area contributed by atoms with E-state index in [1.165, 1.54) is 8.66 Å². The first-order valence-corrected chi connectivity index (χ1v) is 5.57. The van der Waals surface area contributed by atoms with Crippen molar-refractivity contribution in [2.24, 2.45) is 5.73 Å². The van der Waals surface area contributed by atoms with Crippen LogP contribution in [0.5, 0.6) is 0 Å². The van der Waals surface area contributed by atoms with Crippen molar-refractivity contribution >= 4 is 27.3 Å². The average Bonchev–Trinajstić information content (AvgIpc) is 2.35. The van der Waals surface area contributed by atoms with E-state index >= 15 is 0 Å². The summed E-state index contributed by atoms with van der Waals surface area (Å²) in [5, 5.41) is 0. The minimum atomic E-state index is 0.0800. The standard InChI is InChI=1S/C9H14BrNS/c1-6(11)9(2,3)7-4-5-8(10)12-7/h4-6H,11H2,1-3H3. The van der Waals surface area contributed by atoms with Crippen LogP contribution in [0.1, 0.15) is 25.6 Å². The van der Waals surface area contributed by atoms with Gasteiger partial charge in [0.1, 0.15) is 0 Å². The highest BCUT2D eigenvalue weighted by Gasteiger charge is 2.26. The van der Waals surface area contributed by atoms with Crippen LogP contribution >= 0.6 is 27.3 Å². The molecule has 0 amide bonds. The number of halogens is 1. The zero-order chi connectivity index (χ0) is 9.35. The fraction of sp³-hybridized carbons (Fsp3) is 0.556. The lowest BCUT2D eigenvalue weighted by Crippen LogP contribution is -2.37. The van der Waals surface area contributed by atoms with Crippen molar-refractivity contribution in [3.63, 3.8) is 0 Å². The van der Waals surface area contributed by atoms with Gasteiger partial charge in [-0.15, -0.1) is 11.3 Å². The molecule has 1 atom stereocenters. The topological polar surface area (TPSA) is 26.0 Å². The Kier molecular flexibility index (Phi) is 2.97. The average molecular weight is 248 g/mol. The largest absolute Gasteiger partial charge is 0.327 e. The van der Waals surface area contributed by atoms with E-state index in [2.05, 4.69) is 41.9 Å². The van der Waals surface area contributed by atoms with E-state index < -0.39 is 0 Å². The number of hydrogen-bond donors (Lipinski definition) is 1. The van der Waals surface area contributed by atoms with E-state index in [1.54, 1.807) is 11.3 Å². The van der Waals surface area contributed by atoms with Gasteiger partial charge in [0.25, 0.3) is 0 Å². The van der Waals surface area contributed by atoms with Crippen molar-refractivity contribution in [2.75, 3.05) is 0 Å². The number of rotatable bonds is 2. The highest BCUT2D eigenvalue weighted by molar-refractivity contribution is 9.11. The zero-order valence-corrected chi connectivity index (χ0v) is 10.00. The predicted molar refractivity (Wildman–Crippen MR) is 58.7 cm³/mol. The second-order valence-corrected chi connectivity index (χ2v) is 6.08. The summed E-state index contributed by atoms with van der Waals surface area (Å²) in [6, 6.07) is 4.39. The Hall–Kier alpha value is 0.140. The first-order valence-electron chi connectivity index (χ1n) is 3.96. The Morgan fingerprint density at radius 1 is 1.50 bits per heavy atom. The molecule has 12 heavy (non-hydrogen) atoms. The summed E-state index contributed by atoms with van der Waals surface area (Å²) in [5.74, 6) is 0. The third-order valence-electron chi connectivity index (χ3n) is 2.35. The van der Waals surface area contributed by atoms with Crippen LogP contribution in [0.3, 0.4) is 0 Å². The van der Waals surface area contributed by atoms with Gasteiger partial charge in [0.15, 0.2) is 0 Å². The molecule has 1 aromatic heterocycles. The molecule has 0 bridgehead atoms. The predicted octanol–water partition coefficient (Wildman–Crippen LogP) is 3.14. The van der Waals surface area contributed by atoms with Crippen LogP contribution in [-0.2, 0) is 5.41 Å². The van der Waals surface area contributed by atoms with Crippen LogP contribution in [0.2, 0.25) is 0 Å². The van der Waals surface area contributed by atoms with E-state index in [0.717, 1.165) is 0 Å². The molecule has 1 rings (SSSR count). The SMILES string of the molecule is CC(N)C(C)(C)c1ccc(Br)s1. The maximum atomic E-state index is 5.90. The molecular formula is C9H14BrNS. The van der Waals surface area contributed by atoms with Crippen LogP contribution in [0.15, 0.2) is 15.9 Å². The van der Waals surface area contributed by atoms with Gasteiger partial charge in [-0.3, -0.25) is 0 Å². The van der Waals surface area contributed by atoms with E-state index in [9.17, 15) is 0 Å². The smallest absolute Gasteiger partial charge is 0.0701 e. The normalized spacial score (nSPS) is 14.8. The fourth-order valence-electron chi connectivity index (χ4n) is 0.885. The van der Waals surface area contributed by atoms with Crippen molar-refractivity contribution in [3.05, 3.63) is 20.8 Å². The van der Waals surface area contributed by atoms with Crippen LogP contribution in [0.4, 0.5) is 0 Å². The van der Waals surface area contributed by atoms with E-state index in [1.807, 2.05) is 6.92 Å². The van der Waals surface area contributed by atoms with Crippen molar-refractivity contribution in [3.8, 4) is 0 Å². The zero-order valence-electron chi connectivity index (χ0n) is 7.60. The van der Waals surface area contributed by atoms with Gasteiger partial charge in [-0.25, -0.2) is 0 Å². The monoisotopic (exact) mass is 247 g/mol. The highest BCUT2D eigenvalue weighted by atomic mass is 79.9. The molecule has 3 heteroatoms. The second-order valence-electron chi connectivity index (χ2n) is 3.61. The Labute approximate surface area is 86.1 Å². The first kappa shape index (κ1) is 10.2. The third kappa shape index (κ3) is 1.90. The molecule has 0 saturated heterocycles. The van der Waals surface area contributed by atoms with Crippen LogP contribution in [0, 0.1) is 0 Å². The molecule has 0 spiro atoms. The van der Waals surface area contributed by atoms with Gasteiger partial charge in [-0.2, -0.15) is 0 Å². The van der Waals surface area contributed by atoms with Crippen LogP contribution in [-0.4, -0.2) is 6.04 Å². The van der Waals surface area contributed by atoms with Gasteiger partial charge in [0.05, 0.1) is 3.79 Å². The molecule has 1 unspecified atom stereocenters. The molecule has 1 aromatic rings. The Morgan fingerprint density at radius 2 is 2.08 bits per heavy atom. The molecule has 0 aromatic carbocycles.